The van der Waals surface area contributed by atoms with Crippen LogP contribution in [0.5, 0.6) is 0 Å². The highest BCUT2D eigenvalue weighted by Crippen LogP contribution is 2.39. The lowest BCUT2D eigenvalue weighted by atomic mass is 9.87. The average molecular weight is 474 g/mol. The quantitative estimate of drug-likeness (QED) is 0.306. The molecule has 3 heterocycles. The summed E-state index contributed by atoms with van der Waals surface area (Å²) in [6.07, 6.45) is 1.70. The maximum atomic E-state index is 13.6. The molecule has 0 aliphatic heterocycles. The van der Waals surface area contributed by atoms with Crippen LogP contribution in [0.3, 0.4) is 0 Å². The van der Waals surface area contributed by atoms with Gasteiger partial charge in [0.2, 0.25) is 11.8 Å². The Hall–Kier alpha value is -2.75. The second-order valence-electron chi connectivity index (χ2n) is 9.61. The van der Waals surface area contributed by atoms with Gasteiger partial charge in [-0.05, 0) is 36.0 Å². The molecule has 0 radical (unpaired) electrons. The Morgan fingerprint density at radius 1 is 1.24 bits per heavy atom. The van der Waals surface area contributed by atoms with Crippen molar-refractivity contribution in [1.82, 2.24) is 24.7 Å². The molecule has 10 heteroatoms. The lowest BCUT2D eigenvalue weighted by Crippen LogP contribution is -2.27. The van der Waals surface area contributed by atoms with Gasteiger partial charge in [0, 0.05) is 12.8 Å². The number of halogens is 2. The smallest absolute Gasteiger partial charge is 0.262 e. The highest BCUT2D eigenvalue weighted by Gasteiger charge is 2.36. The summed E-state index contributed by atoms with van der Waals surface area (Å²) in [6.45, 7) is 6.44. The fraction of sp³-hybridized carbons (Fsp3) is 0.478. The van der Waals surface area contributed by atoms with E-state index in [1.54, 1.807) is 4.68 Å². The molecule has 174 valence electrons. The number of benzene rings is 1. The summed E-state index contributed by atoms with van der Waals surface area (Å²) in [5, 5.41) is 5.06. The van der Waals surface area contributed by atoms with E-state index >= 15 is 0 Å². The molecule has 3 aromatic heterocycles. The van der Waals surface area contributed by atoms with Gasteiger partial charge in [0.25, 0.3) is 5.56 Å². The molecule has 1 fully saturated rings. The minimum Gasteiger partial charge on any atom is -0.440 e. The predicted molar refractivity (Wildman–Crippen MR) is 123 cm³/mol. The van der Waals surface area contributed by atoms with Crippen molar-refractivity contribution in [2.24, 2.45) is 0 Å². The number of hydrogen-bond acceptors (Lipinski definition) is 6. The number of fused-ring (bicyclic) bond motifs is 2. The van der Waals surface area contributed by atoms with Crippen LogP contribution >= 0.6 is 11.8 Å². The highest BCUT2D eigenvalue weighted by atomic mass is 32.2. The normalized spacial score (nSPS) is 17.2. The van der Waals surface area contributed by atoms with Crippen LogP contribution in [0.15, 0.2) is 38.8 Å². The summed E-state index contributed by atoms with van der Waals surface area (Å²) in [5.74, 6) is -1.71. The number of thioether (sulfide) groups is 1. The molecule has 1 N–H and O–H groups in total. The van der Waals surface area contributed by atoms with E-state index in [0.717, 1.165) is 5.52 Å². The van der Waals surface area contributed by atoms with Crippen molar-refractivity contribution in [2.45, 2.75) is 74.7 Å². The maximum absolute atomic E-state index is 13.6. The van der Waals surface area contributed by atoms with Crippen LogP contribution in [-0.4, -0.2) is 30.7 Å². The second-order valence-corrected chi connectivity index (χ2v) is 10.6. The lowest BCUT2D eigenvalue weighted by Gasteiger charge is -2.28. The standard InChI is InChI=1S/C23H25F2N5O2S/c1-22(2,3)13-4-5-17-16(10-13)27-18(32-17)12-33-21-28-19-15(20(31)29-21)11-26-30(19)14-6-8-23(24,25)9-7-14/h4-5,10-11,14H,6-9,12H2,1-3H3,(H,28,29,31). The SMILES string of the molecule is CC(C)(C)c1ccc2oc(CSc3nc4c(cnn4C4CCC(F)(F)CC4)c(=O)[nH]3)nc2c1. The summed E-state index contributed by atoms with van der Waals surface area (Å²) in [4.78, 5) is 24.5. The number of hydrogen-bond donors (Lipinski definition) is 1. The van der Waals surface area contributed by atoms with E-state index in [0.29, 0.717) is 46.3 Å². The fourth-order valence-corrected chi connectivity index (χ4v) is 4.85. The molecule has 5 rings (SSSR count). The average Bonchev–Trinajstić information content (AvgIpc) is 3.35. The van der Waals surface area contributed by atoms with Crippen LogP contribution in [0.4, 0.5) is 8.78 Å². The van der Waals surface area contributed by atoms with Crippen molar-refractivity contribution in [3.05, 3.63) is 46.2 Å². The van der Waals surface area contributed by atoms with Crippen LogP contribution in [0.1, 0.15) is 64.0 Å². The zero-order valence-electron chi connectivity index (χ0n) is 18.7. The molecule has 0 saturated heterocycles. The van der Waals surface area contributed by atoms with Crippen molar-refractivity contribution < 1.29 is 13.2 Å². The maximum Gasteiger partial charge on any atom is 0.262 e. The summed E-state index contributed by atoms with van der Waals surface area (Å²) >= 11 is 1.30. The van der Waals surface area contributed by atoms with Gasteiger partial charge in [-0.3, -0.25) is 4.79 Å². The molecule has 33 heavy (non-hydrogen) atoms. The third-order valence-electron chi connectivity index (χ3n) is 6.10. The van der Waals surface area contributed by atoms with E-state index in [1.807, 2.05) is 18.2 Å². The molecule has 1 aliphatic rings. The van der Waals surface area contributed by atoms with Crippen molar-refractivity contribution in [1.29, 1.82) is 0 Å². The topological polar surface area (TPSA) is 89.6 Å². The van der Waals surface area contributed by atoms with E-state index in [1.165, 1.54) is 23.5 Å². The first-order chi connectivity index (χ1) is 15.6. The molecule has 4 aromatic rings. The molecule has 1 aliphatic carbocycles. The van der Waals surface area contributed by atoms with Gasteiger partial charge in [0.05, 0.1) is 18.0 Å². The molecule has 0 amide bonds. The van der Waals surface area contributed by atoms with Crippen LogP contribution in [0, 0.1) is 0 Å². The van der Waals surface area contributed by atoms with Gasteiger partial charge < -0.3 is 9.40 Å². The second kappa shape index (κ2) is 7.93. The molecule has 0 spiro atoms. The first-order valence-corrected chi connectivity index (χ1v) is 12.0. The lowest BCUT2D eigenvalue weighted by molar-refractivity contribution is -0.0446. The number of nitrogens with zero attached hydrogens (tertiary/aromatic N) is 4. The van der Waals surface area contributed by atoms with E-state index in [9.17, 15) is 13.6 Å². The Kier molecular flexibility index (Phi) is 5.30. The van der Waals surface area contributed by atoms with Gasteiger partial charge in [-0.1, -0.05) is 38.6 Å². The number of alkyl halides is 2. The molecule has 1 saturated carbocycles. The van der Waals surface area contributed by atoms with Crippen LogP contribution in [0.25, 0.3) is 22.1 Å². The fourth-order valence-electron chi connectivity index (χ4n) is 4.15. The molecular formula is C23H25F2N5O2S. The van der Waals surface area contributed by atoms with Gasteiger partial charge in [0.15, 0.2) is 16.4 Å². The molecular weight excluding hydrogens is 448 g/mol. The zero-order valence-corrected chi connectivity index (χ0v) is 19.5. The Bertz CT molecular complexity index is 1380. The molecule has 0 unspecified atom stereocenters. The van der Waals surface area contributed by atoms with Crippen molar-refractivity contribution in [2.75, 3.05) is 0 Å². The van der Waals surface area contributed by atoms with Crippen molar-refractivity contribution in [3.63, 3.8) is 0 Å². The number of H-pyrrole nitrogens is 1. The third-order valence-corrected chi connectivity index (χ3v) is 6.96. The largest absolute Gasteiger partial charge is 0.440 e. The summed E-state index contributed by atoms with van der Waals surface area (Å²) in [5.41, 5.74) is 2.81. The minimum atomic E-state index is -2.63. The number of aromatic nitrogens is 5. The first-order valence-electron chi connectivity index (χ1n) is 11.0. The molecule has 0 atom stereocenters. The molecule has 0 bridgehead atoms. The van der Waals surface area contributed by atoms with Crippen molar-refractivity contribution in [3.8, 4) is 0 Å². The summed E-state index contributed by atoms with van der Waals surface area (Å²) < 4.78 is 34.6. The minimum absolute atomic E-state index is 0.0120. The number of aromatic amines is 1. The Balaban J connectivity index is 1.38. The Morgan fingerprint density at radius 3 is 2.73 bits per heavy atom. The third kappa shape index (κ3) is 4.40. The van der Waals surface area contributed by atoms with Gasteiger partial charge in [-0.2, -0.15) is 5.10 Å². The Morgan fingerprint density at radius 2 is 2.00 bits per heavy atom. The van der Waals surface area contributed by atoms with Gasteiger partial charge in [0.1, 0.15) is 10.9 Å². The molecule has 7 nitrogen and oxygen atoms in total. The Labute approximate surface area is 193 Å². The van der Waals surface area contributed by atoms with Gasteiger partial charge >= 0.3 is 0 Å². The molecule has 1 aromatic carbocycles. The van der Waals surface area contributed by atoms with Gasteiger partial charge in [-0.15, -0.1) is 0 Å². The van der Waals surface area contributed by atoms with E-state index in [4.69, 9.17) is 4.42 Å². The summed E-state index contributed by atoms with van der Waals surface area (Å²) in [7, 11) is 0. The number of rotatable bonds is 4. The predicted octanol–water partition coefficient (Wildman–Crippen LogP) is 5.60. The summed E-state index contributed by atoms with van der Waals surface area (Å²) in [6, 6.07) is 5.81. The van der Waals surface area contributed by atoms with E-state index < -0.39 is 5.92 Å². The van der Waals surface area contributed by atoms with Crippen LogP contribution in [-0.2, 0) is 11.2 Å². The van der Waals surface area contributed by atoms with E-state index in [2.05, 4.69) is 40.8 Å². The number of oxazole rings is 1. The van der Waals surface area contributed by atoms with Crippen LogP contribution in [0.2, 0.25) is 0 Å². The highest BCUT2D eigenvalue weighted by molar-refractivity contribution is 7.98. The first kappa shape index (κ1) is 22.1. The van der Waals surface area contributed by atoms with E-state index in [-0.39, 0.29) is 29.9 Å². The monoisotopic (exact) mass is 473 g/mol. The van der Waals surface area contributed by atoms with Gasteiger partial charge in [-0.25, -0.2) is 23.4 Å². The van der Waals surface area contributed by atoms with Crippen LogP contribution < -0.4 is 5.56 Å². The van der Waals surface area contributed by atoms with Crippen molar-refractivity contribution >= 4 is 33.9 Å². The zero-order chi connectivity index (χ0) is 23.4. The number of nitrogens with one attached hydrogen (secondary N) is 1.